The number of hydrogen-bond donors (Lipinski definition) is 1. The van der Waals surface area contributed by atoms with Gasteiger partial charge >= 0.3 is 0 Å². The van der Waals surface area contributed by atoms with Crippen molar-refractivity contribution in [3.63, 3.8) is 0 Å². The number of H-pyrrole nitrogens is 1. The number of aromatic nitrogens is 4. The maximum atomic E-state index is 11.6. The number of hydrogen-bond acceptors (Lipinski definition) is 3. The Labute approximate surface area is 106 Å². The molecule has 5 heteroatoms. The zero-order valence-electron chi connectivity index (χ0n) is 11.4. The molecule has 0 fully saturated rings. The van der Waals surface area contributed by atoms with Crippen LogP contribution < -0.4 is 5.56 Å². The monoisotopic (exact) mass is 246 g/mol. The summed E-state index contributed by atoms with van der Waals surface area (Å²) in [7, 11) is 0. The van der Waals surface area contributed by atoms with Crippen LogP contribution in [0, 0.1) is 20.8 Å². The maximum absolute atomic E-state index is 11.6. The highest BCUT2D eigenvalue weighted by Gasteiger charge is 2.15. The van der Waals surface area contributed by atoms with Crippen LogP contribution >= 0.6 is 0 Å². The molecule has 0 unspecified atom stereocenters. The van der Waals surface area contributed by atoms with E-state index in [1.165, 1.54) is 0 Å². The summed E-state index contributed by atoms with van der Waals surface area (Å²) < 4.78 is 1.70. The summed E-state index contributed by atoms with van der Waals surface area (Å²) in [5.41, 5.74) is 3.66. The third-order valence-corrected chi connectivity index (χ3v) is 3.16. The Hall–Kier alpha value is -1.91. The summed E-state index contributed by atoms with van der Waals surface area (Å²) in [6.45, 7) is 9.96. The van der Waals surface area contributed by atoms with Crippen molar-refractivity contribution in [2.24, 2.45) is 0 Å². The molecule has 2 aromatic heterocycles. The fourth-order valence-electron chi connectivity index (χ4n) is 1.91. The normalized spacial score (nSPS) is 11.2. The van der Waals surface area contributed by atoms with Gasteiger partial charge in [0, 0.05) is 17.5 Å². The van der Waals surface area contributed by atoms with Crippen molar-refractivity contribution >= 4 is 0 Å². The number of nitrogens with zero attached hydrogens (tertiary/aromatic N) is 3. The first kappa shape index (κ1) is 12.5. The number of aromatic amines is 1. The molecule has 0 spiro atoms. The van der Waals surface area contributed by atoms with Crippen LogP contribution in [0.1, 0.15) is 42.3 Å². The largest absolute Gasteiger partial charge is 0.291 e. The highest BCUT2D eigenvalue weighted by atomic mass is 16.1. The summed E-state index contributed by atoms with van der Waals surface area (Å²) in [6.07, 6.45) is 1.57. The van der Waals surface area contributed by atoms with Gasteiger partial charge in [-0.15, -0.1) is 0 Å². The van der Waals surface area contributed by atoms with E-state index >= 15 is 0 Å². The van der Waals surface area contributed by atoms with Gasteiger partial charge in [0.1, 0.15) is 0 Å². The fraction of sp³-hybridized carbons (Fsp3) is 0.462. The minimum atomic E-state index is -0.126. The molecule has 0 amide bonds. The third kappa shape index (κ3) is 1.96. The second-order valence-corrected chi connectivity index (χ2v) is 4.88. The molecule has 0 radical (unpaired) electrons. The van der Waals surface area contributed by atoms with E-state index in [4.69, 9.17) is 0 Å². The second-order valence-electron chi connectivity index (χ2n) is 4.88. The minimum Gasteiger partial charge on any atom is -0.291 e. The molecule has 0 atom stereocenters. The third-order valence-electron chi connectivity index (χ3n) is 3.16. The summed E-state index contributed by atoms with van der Waals surface area (Å²) >= 11 is 0. The highest BCUT2D eigenvalue weighted by molar-refractivity contribution is 5.30. The number of nitrogens with one attached hydrogen (secondary N) is 1. The first-order valence-corrected chi connectivity index (χ1v) is 6.04. The van der Waals surface area contributed by atoms with Crippen LogP contribution in [0.4, 0.5) is 0 Å². The summed E-state index contributed by atoms with van der Waals surface area (Å²) in [6, 6.07) is 0. The maximum Gasteiger partial charge on any atom is 0.255 e. The summed E-state index contributed by atoms with van der Waals surface area (Å²) in [5.74, 6) is 0.820. The first-order valence-electron chi connectivity index (χ1n) is 6.04. The van der Waals surface area contributed by atoms with Crippen molar-refractivity contribution in [3.8, 4) is 5.95 Å². The lowest BCUT2D eigenvalue weighted by Gasteiger charge is -2.03. The molecular weight excluding hydrogens is 228 g/mol. The van der Waals surface area contributed by atoms with E-state index in [0.717, 1.165) is 17.0 Å². The van der Waals surface area contributed by atoms with Gasteiger partial charge in [0.05, 0.1) is 5.69 Å². The average Bonchev–Trinajstić information content (AvgIpc) is 2.60. The molecule has 0 bridgehead atoms. The van der Waals surface area contributed by atoms with E-state index in [0.29, 0.717) is 17.4 Å². The zero-order chi connectivity index (χ0) is 13.4. The molecule has 96 valence electrons. The van der Waals surface area contributed by atoms with Gasteiger partial charge in [-0.3, -0.25) is 9.78 Å². The van der Waals surface area contributed by atoms with Gasteiger partial charge in [0.25, 0.3) is 5.56 Å². The SMILES string of the molecule is Cc1c(C(C)C)nn(-c2ncc(C)c(=O)[nH]2)c1C. The topological polar surface area (TPSA) is 63.6 Å². The average molecular weight is 246 g/mol. The molecule has 0 saturated carbocycles. The van der Waals surface area contributed by atoms with Gasteiger partial charge in [-0.1, -0.05) is 13.8 Å². The standard InChI is InChI=1S/C13H18N4O/c1-7(2)11-9(4)10(5)17(16-11)13-14-6-8(3)12(18)15-13/h6-7H,1-5H3,(H,14,15,18). The lowest BCUT2D eigenvalue weighted by atomic mass is 10.1. The Bertz CT molecular complexity index is 637. The van der Waals surface area contributed by atoms with Crippen LogP contribution in [0.15, 0.2) is 11.0 Å². The van der Waals surface area contributed by atoms with Crippen LogP contribution in [0.3, 0.4) is 0 Å². The number of rotatable bonds is 2. The molecule has 2 rings (SSSR count). The molecule has 1 N–H and O–H groups in total. The van der Waals surface area contributed by atoms with Crippen molar-refractivity contribution in [1.82, 2.24) is 19.7 Å². The molecule has 0 aliphatic carbocycles. The van der Waals surface area contributed by atoms with Gasteiger partial charge in [0.15, 0.2) is 0 Å². The molecular formula is C13H18N4O. The van der Waals surface area contributed by atoms with Gasteiger partial charge < -0.3 is 0 Å². The Morgan fingerprint density at radius 2 is 1.94 bits per heavy atom. The summed E-state index contributed by atoms with van der Waals surface area (Å²) in [4.78, 5) is 18.6. The fourth-order valence-corrected chi connectivity index (χ4v) is 1.91. The van der Waals surface area contributed by atoms with Crippen LogP contribution in [-0.4, -0.2) is 19.7 Å². The van der Waals surface area contributed by atoms with E-state index in [2.05, 4.69) is 28.9 Å². The minimum absolute atomic E-state index is 0.126. The van der Waals surface area contributed by atoms with E-state index in [9.17, 15) is 4.79 Å². The van der Waals surface area contributed by atoms with Crippen LogP contribution in [0.5, 0.6) is 0 Å². The Morgan fingerprint density at radius 3 is 2.44 bits per heavy atom. The quantitative estimate of drug-likeness (QED) is 0.881. The highest BCUT2D eigenvalue weighted by Crippen LogP contribution is 2.21. The molecule has 0 aliphatic rings. The molecule has 0 aliphatic heterocycles. The van der Waals surface area contributed by atoms with E-state index in [1.54, 1.807) is 17.8 Å². The van der Waals surface area contributed by atoms with Crippen molar-refractivity contribution in [2.45, 2.75) is 40.5 Å². The Balaban J connectivity index is 2.61. The number of aryl methyl sites for hydroxylation is 1. The molecule has 0 saturated heterocycles. The molecule has 5 nitrogen and oxygen atoms in total. The Morgan fingerprint density at radius 1 is 1.28 bits per heavy atom. The van der Waals surface area contributed by atoms with Crippen molar-refractivity contribution in [1.29, 1.82) is 0 Å². The van der Waals surface area contributed by atoms with Gasteiger partial charge in [-0.05, 0) is 32.3 Å². The smallest absolute Gasteiger partial charge is 0.255 e. The van der Waals surface area contributed by atoms with Gasteiger partial charge in [0.2, 0.25) is 5.95 Å². The van der Waals surface area contributed by atoms with Crippen molar-refractivity contribution in [2.75, 3.05) is 0 Å². The van der Waals surface area contributed by atoms with Crippen molar-refractivity contribution < 1.29 is 0 Å². The summed E-state index contributed by atoms with van der Waals surface area (Å²) in [5, 5.41) is 4.53. The van der Waals surface area contributed by atoms with Gasteiger partial charge in [-0.2, -0.15) is 5.10 Å². The van der Waals surface area contributed by atoms with Gasteiger partial charge in [-0.25, -0.2) is 9.67 Å². The van der Waals surface area contributed by atoms with E-state index in [1.807, 2.05) is 13.8 Å². The lowest BCUT2D eigenvalue weighted by molar-refractivity contribution is 0.726. The lowest BCUT2D eigenvalue weighted by Crippen LogP contribution is -2.16. The first-order chi connectivity index (χ1) is 8.41. The van der Waals surface area contributed by atoms with Crippen LogP contribution in [0.2, 0.25) is 0 Å². The predicted octanol–water partition coefficient (Wildman–Crippen LogP) is 2.00. The molecule has 2 heterocycles. The van der Waals surface area contributed by atoms with Crippen LogP contribution in [0.25, 0.3) is 5.95 Å². The zero-order valence-corrected chi connectivity index (χ0v) is 11.4. The van der Waals surface area contributed by atoms with Crippen LogP contribution in [-0.2, 0) is 0 Å². The molecule has 2 aromatic rings. The Kier molecular flexibility index (Phi) is 3.07. The van der Waals surface area contributed by atoms with E-state index < -0.39 is 0 Å². The van der Waals surface area contributed by atoms with Crippen molar-refractivity contribution in [3.05, 3.63) is 39.1 Å². The van der Waals surface area contributed by atoms with E-state index in [-0.39, 0.29) is 5.56 Å². The molecule has 0 aromatic carbocycles. The second kappa shape index (κ2) is 4.40. The molecule has 18 heavy (non-hydrogen) atoms. The predicted molar refractivity (Wildman–Crippen MR) is 70.3 cm³/mol.